The number of aliphatic carboxylic acids is 1. The van der Waals surface area contributed by atoms with Crippen LogP contribution in [0.3, 0.4) is 0 Å². The minimum absolute atomic E-state index is 0.185. The lowest BCUT2D eigenvalue weighted by Crippen LogP contribution is -2.21. The topological polar surface area (TPSA) is 49.3 Å². The van der Waals surface area contributed by atoms with Crippen LogP contribution in [-0.2, 0) is 23.4 Å². The summed E-state index contributed by atoms with van der Waals surface area (Å²) in [5.41, 5.74) is 3.72. The molecular formula is C19H18ClF4NO2S. The number of hydrogen-bond acceptors (Lipinski definition) is 3. The van der Waals surface area contributed by atoms with Crippen molar-refractivity contribution < 1.29 is 27.5 Å². The van der Waals surface area contributed by atoms with Gasteiger partial charge >= 0.3 is 12.1 Å². The fourth-order valence-electron chi connectivity index (χ4n) is 2.65. The first-order chi connectivity index (χ1) is 13.2. The number of nitrogens with one attached hydrogen (secondary N) is 1. The summed E-state index contributed by atoms with van der Waals surface area (Å²) in [6.45, 7) is 2.00. The summed E-state index contributed by atoms with van der Waals surface area (Å²) in [5.74, 6) is -2.20. The first-order valence-corrected chi connectivity index (χ1v) is 9.73. The van der Waals surface area contributed by atoms with Crippen molar-refractivity contribution in [3.8, 4) is 0 Å². The molecule has 0 saturated carbocycles. The lowest BCUT2D eigenvalue weighted by Gasteiger charge is -2.14. The zero-order chi connectivity index (χ0) is 20.7. The van der Waals surface area contributed by atoms with Gasteiger partial charge in [0.05, 0.1) is 5.02 Å². The molecule has 0 fully saturated rings. The van der Waals surface area contributed by atoms with E-state index in [-0.39, 0.29) is 5.82 Å². The molecule has 152 valence electrons. The summed E-state index contributed by atoms with van der Waals surface area (Å²) >= 11 is 8.10. The molecule has 0 atom stereocenters. The van der Waals surface area contributed by atoms with E-state index in [9.17, 15) is 17.6 Å². The first kappa shape index (κ1) is 22.5. The molecule has 2 aromatic carbocycles. The highest BCUT2D eigenvalue weighted by molar-refractivity contribution is 7.98. The van der Waals surface area contributed by atoms with Gasteiger partial charge in [-0.15, -0.1) is 11.8 Å². The number of fused-ring (bicyclic) bond motifs is 1. The fraction of sp³-hybridized carbons (Fsp3) is 0.316. The van der Waals surface area contributed by atoms with Crippen LogP contribution in [0, 0.1) is 5.82 Å². The fourth-order valence-corrected chi connectivity index (χ4v) is 4.09. The predicted molar refractivity (Wildman–Crippen MR) is 101 cm³/mol. The number of carbonyl (C=O) groups is 1. The Morgan fingerprint density at radius 1 is 1.18 bits per heavy atom. The molecule has 1 aliphatic rings. The number of hydrogen-bond donors (Lipinski definition) is 2. The lowest BCUT2D eigenvalue weighted by molar-refractivity contribution is -0.192. The molecule has 2 N–H and O–H groups in total. The molecule has 1 heterocycles. The molecule has 0 bridgehead atoms. The Hall–Kier alpha value is -1.77. The van der Waals surface area contributed by atoms with E-state index in [2.05, 4.69) is 11.4 Å². The highest BCUT2D eigenvalue weighted by Gasteiger charge is 2.38. The minimum atomic E-state index is -5.08. The zero-order valence-electron chi connectivity index (χ0n) is 14.7. The van der Waals surface area contributed by atoms with Crippen LogP contribution in [-0.4, -0.2) is 30.3 Å². The van der Waals surface area contributed by atoms with Gasteiger partial charge in [0.15, 0.2) is 0 Å². The van der Waals surface area contributed by atoms with Gasteiger partial charge in [0.25, 0.3) is 0 Å². The Kier molecular flexibility index (Phi) is 8.15. The van der Waals surface area contributed by atoms with Crippen LogP contribution in [0.4, 0.5) is 17.6 Å². The SMILES string of the molecule is Fc1cccc(CSc2c(Cl)ccc3c2CCNCC3)c1.O=C(O)C(F)(F)F. The summed E-state index contributed by atoms with van der Waals surface area (Å²) in [6.07, 6.45) is -3.04. The van der Waals surface area contributed by atoms with Gasteiger partial charge in [-0.2, -0.15) is 13.2 Å². The summed E-state index contributed by atoms with van der Waals surface area (Å²) in [5, 5.41) is 11.3. The molecule has 0 aliphatic carbocycles. The number of carboxylic acid groups (broad SMARTS) is 1. The molecular weight excluding hydrogens is 418 g/mol. The lowest BCUT2D eigenvalue weighted by atomic mass is 10.0. The van der Waals surface area contributed by atoms with E-state index >= 15 is 0 Å². The van der Waals surface area contributed by atoms with Crippen molar-refractivity contribution in [1.29, 1.82) is 0 Å². The van der Waals surface area contributed by atoms with Crippen molar-refractivity contribution in [2.45, 2.75) is 29.7 Å². The van der Waals surface area contributed by atoms with Gasteiger partial charge in [-0.1, -0.05) is 29.8 Å². The largest absolute Gasteiger partial charge is 0.490 e. The molecule has 3 rings (SSSR count). The second kappa shape index (κ2) is 10.1. The van der Waals surface area contributed by atoms with Gasteiger partial charge in [-0.05, 0) is 60.8 Å². The normalized spacial score (nSPS) is 13.8. The number of halogens is 5. The van der Waals surface area contributed by atoms with Crippen LogP contribution in [0.2, 0.25) is 5.02 Å². The van der Waals surface area contributed by atoms with Gasteiger partial charge in [0.1, 0.15) is 5.82 Å². The van der Waals surface area contributed by atoms with E-state index in [0.29, 0.717) is 0 Å². The summed E-state index contributed by atoms with van der Waals surface area (Å²) < 4.78 is 45.0. The highest BCUT2D eigenvalue weighted by Crippen LogP contribution is 2.36. The Bertz CT molecular complexity index is 830. The molecule has 0 unspecified atom stereocenters. The van der Waals surface area contributed by atoms with E-state index < -0.39 is 12.1 Å². The van der Waals surface area contributed by atoms with Crippen LogP contribution in [0.5, 0.6) is 0 Å². The van der Waals surface area contributed by atoms with E-state index in [0.717, 1.165) is 47.2 Å². The van der Waals surface area contributed by atoms with Crippen molar-refractivity contribution in [2.75, 3.05) is 13.1 Å². The van der Waals surface area contributed by atoms with Gasteiger partial charge in [-0.25, -0.2) is 9.18 Å². The molecule has 3 nitrogen and oxygen atoms in total. The summed E-state index contributed by atoms with van der Waals surface area (Å²) in [7, 11) is 0. The van der Waals surface area contributed by atoms with E-state index in [1.807, 2.05) is 12.1 Å². The zero-order valence-corrected chi connectivity index (χ0v) is 16.2. The van der Waals surface area contributed by atoms with Crippen molar-refractivity contribution >= 4 is 29.3 Å². The second-order valence-electron chi connectivity index (χ2n) is 5.99. The Labute approximate surface area is 169 Å². The maximum atomic E-state index is 13.3. The second-order valence-corrected chi connectivity index (χ2v) is 7.38. The number of thioether (sulfide) groups is 1. The molecule has 0 amide bonds. The molecule has 28 heavy (non-hydrogen) atoms. The third-order valence-corrected chi connectivity index (χ3v) is 5.61. The van der Waals surface area contributed by atoms with Gasteiger partial charge in [-0.3, -0.25) is 0 Å². The number of rotatable bonds is 3. The maximum Gasteiger partial charge on any atom is 0.490 e. The summed E-state index contributed by atoms with van der Waals surface area (Å²) in [4.78, 5) is 10.1. The molecule has 2 aromatic rings. The third-order valence-electron chi connectivity index (χ3n) is 3.95. The van der Waals surface area contributed by atoms with Crippen molar-refractivity contribution in [2.24, 2.45) is 0 Å². The minimum Gasteiger partial charge on any atom is -0.475 e. The average molecular weight is 436 g/mol. The molecule has 0 radical (unpaired) electrons. The van der Waals surface area contributed by atoms with Crippen LogP contribution in [0.25, 0.3) is 0 Å². The van der Waals surface area contributed by atoms with E-state index in [1.165, 1.54) is 17.2 Å². The summed E-state index contributed by atoms with van der Waals surface area (Å²) in [6, 6.07) is 10.9. The van der Waals surface area contributed by atoms with Crippen molar-refractivity contribution in [1.82, 2.24) is 5.32 Å². The average Bonchev–Trinajstić information content (AvgIpc) is 2.86. The van der Waals surface area contributed by atoms with E-state index in [1.54, 1.807) is 23.9 Å². The number of alkyl halides is 3. The standard InChI is InChI=1S/C17H17ClFNS.C2HF3O2/c18-16-5-4-13-6-8-20-9-7-15(13)17(16)21-11-12-2-1-3-14(19)10-12;3-2(4,5)1(6)7/h1-5,10,20H,6-9,11H2;(H,6,7). The van der Waals surface area contributed by atoms with E-state index in [4.69, 9.17) is 21.5 Å². The Morgan fingerprint density at radius 3 is 2.50 bits per heavy atom. The van der Waals surface area contributed by atoms with Crippen molar-refractivity contribution in [3.05, 3.63) is 63.9 Å². The van der Waals surface area contributed by atoms with Crippen LogP contribution in [0.15, 0.2) is 41.3 Å². The molecule has 1 aliphatic heterocycles. The Balaban J connectivity index is 0.000000345. The predicted octanol–water partition coefficient (Wildman–Crippen LogP) is 5.09. The third kappa shape index (κ3) is 6.68. The number of carboxylic acids is 1. The molecule has 0 saturated heterocycles. The quantitative estimate of drug-likeness (QED) is 0.520. The van der Waals surface area contributed by atoms with Gasteiger partial charge in [0.2, 0.25) is 0 Å². The number of benzene rings is 2. The van der Waals surface area contributed by atoms with Crippen LogP contribution >= 0.6 is 23.4 Å². The van der Waals surface area contributed by atoms with Crippen LogP contribution < -0.4 is 5.32 Å². The highest BCUT2D eigenvalue weighted by atomic mass is 35.5. The van der Waals surface area contributed by atoms with Crippen LogP contribution in [0.1, 0.15) is 16.7 Å². The molecule has 0 aromatic heterocycles. The van der Waals surface area contributed by atoms with Crippen molar-refractivity contribution in [3.63, 3.8) is 0 Å². The van der Waals surface area contributed by atoms with Gasteiger partial charge < -0.3 is 10.4 Å². The Morgan fingerprint density at radius 2 is 1.86 bits per heavy atom. The monoisotopic (exact) mass is 435 g/mol. The maximum absolute atomic E-state index is 13.3. The smallest absolute Gasteiger partial charge is 0.475 e. The van der Waals surface area contributed by atoms with Gasteiger partial charge in [0, 0.05) is 10.6 Å². The molecule has 9 heteroatoms. The first-order valence-electron chi connectivity index (χ1n) is 8.37. The molecule has 0 spiro atoms.